The van der Waals surface area contributed by atoms with Gasteiger partial charge in [0.2, 0.25) is 0 Å². The standard InChI is InChI=1S/C11H8N2S/c1-7-2-3-9-8-4-5-12-6-10(8)14-11(9)13-7/h2-6H,1H3. The monoisotopic (exact) mass is 200 g/mol. The number of pyridine rings is 2. The Bertz CT molecular complexity index is 613. The van der Waals surface area contributed by atoms with Crippen molar-refractivity contribution in [2.75, 3.05) is 0 Å². The van der Waals surface area contributed by atoms with Crippen LogP contribution in [0.15, 0.2) is 30.6 Å². The van der Waals surface area contributed by atoms with Gasteiger partial charge in [0.15, 0.2) is 0 Å². The van der Waals surface area contributed by atoms with E-state index in [1.165, 1.54) is 15.5 Å². The van der Waals surface area contributed by atoms with Crippen molar-refractivity contribution in [2.24, 2.45) is 0 Å². The summed E-state index contributed by atoms with van der Waals surface area (Å²) in [6.07, 6.45) is 3.73. The molecule has 3 heterocycles. The summed E-state index contributed by atoms with van der Waals surface area (Å²) in [6, 6.07) is 6.23. The fourth-order valence-electron chi connectivity index (χ4n) is 1.60. The van der Waals surface area contributed by atoms with Crippen molar-refractivity contribution >= 4 is 31.6 Å². The SMILES string of the molecule is Cc1ccc2c(n1)sc1cnccc12. The zero-order valence-corrected chi connectivity index (χ0v) is 8.51. The van der Waals surface area contributed by atoms with E-state index in [-0.39, 0.29) is 0 Å². The molecule has 68 valence electrons. The van der Waals surface area contributed by atoms with Gasteiger partial charge in [0, 0.05) is 28.9 Å². The number of hydrogen-bond acceptors (Lipinski definition) is 3. The predicted molar refractivity (Wildman–Crippen MR) is 59.7 cm³/mol. The van der Waals surface area contributed by atoms with Crippen LogP contribution in [0.4, 0.5) is 0 Å². The van der Waals surface area contributed by atoms with E-state index in [0.29, 0.717) is 0 Å². The molecule has 0 N–H and O–H groups in total. The lowest BCUT2D eigenvalue weighted by atomic mass is 10.2. The van der Waals surface area contributed by atoms with Gasteiger partial charge in [-0.15, -0.1) is 11.3 Å². The number of fused-ring (bicyclic) bond motifs is 3. The minimum absolute atomic E-state index is 1.07. The maximum absolute atomic E-state index is 4.50. The molecule has 14 heavy (non-hydrogen) atoms. The molecule has 0 amide bonds. The Morgan fingerprint density at radius 2 is 2.07 bits per heavy atom. The fourth-order valence-corrected chi connectivity index (χ4v) is 2.69. The summed E-state index contributed by atoms with van der Waals surface area (Å²) >= 11 is 1.70. The zero-order valence-electron chi connectivity index (χ0n) is 7.69. The largest absolute Gasteiger partial charge is 0.263 e. The summed E-state index contributed by atoms with van der Waals surface area (Å²) < 4.78 is 1.21. The molecular weight excluding hydrogens is 192 g/mol. The molecule has 0 saturated carbocycles. The summed E-state index contributed by atoms with van der Waals surface area (Å²) in [5.74, 6) is 0. The number of aromatic nitrogens is 2. The van der Waals surface area contributed by atoms with Gasteiger partial charge in [0.05, 0.1) is 4.70 Å². The van der Waals surface area contributed by atoms with Crippen molar-refractivity contribution in [1.29, 1.82) is 0 Å². The van der Waals surface area contributed by atoms with Crippen LogP contribution < -0.4 is 0 Å². The lowest BCUT2D eigenvalue weighted by Crippen LogP contribution is -1.77. The predicted octanol–water partition coefficient (Wildman–Crippen LogP) is 3.15. The van der Waals surface area contributed by atoms with E-state index < -0.39 is 0 Å². The summed E-state index contributed by atoms with van der Waals surface area (Å²) in [6.45, 7) is 2.02. The molecule has 0 aliphatic heterocycles. The average molecular weight is 200 g/mol. The Balaban J connectivity index is 2.57. The highest BCUT2D eigenvalue weighted by atomic mass is 32.1. The normalized spacial score (nSPS) is 11.2. The first kappa shape index (κ1) is 7.88. The zero-order chi connectivity index (χ0) is 9.54. The van der Waals surface area contributed by atoms with Crippen LogP contribution in [0.5, 0.6) is 0 Å². The molecule has 0 spiro atoms. The third kappa shape index (κ3) is 1.02. The summed E-state index contributed by atoms with van der Waals surface area (Å²) in [4.78, 5) is 9.72. The fraction of sp³-hybridized carbons (Fsp3) is 0.0909. The van der Waals surface area contributed by atoms with Crippen molar-refractivity contribution in [3.05, 3.63) is 36.3 Å². The lowest BCUT2D eigenvalue weighted by Gasteiger charge is -1.91. The molecule has 2 nitrogen and oxygen atoms in total. The second-order valence-corrected chi connectivity index (χ2v) is 4.31. The summed E-state index contributed by atoms with van der Waals surface area (Å²) in [5, 5.41) is 2.49. The number of thiophene rings is 1. The molecule has 3 rings (SSSR count). The van der Waals surface area contributed by atoms with Crippen LogP contribution in [0, 0.1) is 6.92 Å². The molecule has 0 aliphatic carbocycles. The Morgan fingerprint density at radius 1 is 1.14 bits per heavy atom. The van der Waals surface area contributed by atoms with Gasteiger partial charge in [0.25, 0.3) is 0 Å². The van der Waals surface area contributed by atoms with Crippen LogP contribution in [0.25, 0.3) is 20.3 Å². The molecular formula is C11H8N2S. The quantitative estimate of drug-likeness (QED) is 0.557. The van der Waals surface area contributed by atoms with Gasteiger partial charge in [-0.2, -0.15) is 0 Å². The van der Waals surface area contributed by atoms with Crippen molar-refractivity contribution in [3.8, 4) is 0 Å². The molecule has 0 unspecified atom stereocenters. The lowest BCUT2D eigenvalue weighted by molar-refractivity contribution is 1.27. The number of hydrogen-bond donors (Lipinski definition) is 0. The molecule has 3 heteroatoms. The second kappa shape index (κ2) is 2.75. The van der Waals surface area contributed by atoms with Crippen LogP contribution in [0.2, 0.25) is 0 Å². The molecule has 3 aromatic heterocycles. The smallest absolute Gasteiger partial charge is 0.124 e. The summed E-state index contributed by atoms with van der Waals surface area (Å²) in [5.41, 5.74) is 1.07. The van der Waals surface area contributed by atoms with E-state index in [0.717, 1.165) is 10.5 Å². The Morgan fingerprint density at radius 3 is 3.00 bits per heavy atom. The Kier molecular flexibility index (Phi) is 1.55. The number of aryl methyl sites for hydroxylation is 1. The molecule has 0 aromatic carbocycles. The molecule has 0 fully saturated rings. The minimum Gasteiger partial charge on any atom is -0.263 e. The van der Waals surface area contributed by atoms with Crippen LogP contribution in [-0.4, -0.2) is 9.97 Å². The first-order valence-corrected chi connectivity index (χ1v) is 5.26. The van der Waals surface area contributed by atoms with Crippen molar-refractivity contribution in [3.63, 3.8) is 0 Å². The maximum atomic E-state index is 4.50. The van der Waals surface area contributed by atoms with Gasteiger partial charge >= 0.3 is 0 Å². The van der Waals surface area contributed by atoms with Gasteiger partial charge in [-0.05, 0) is 25.1 Å². The highest BCUT2D eigenvalue weighted by Crippen LogP contribution is 2.31. The number of nitrogens with zero attached hydrogens (tertiary/aromatic N) is 2. The van der Waals surface area contributed by atoms with Crippen LogP contribution in [-0.2, 0) is 0 Å². The van der Waals surface area contributed by atoms with Crippen LogP contribution >= 0.6 is 11.3 Å². The van der Waals surface area contributed by atoms with Gasteiger partial charge < -0.3 is 0 Å². The maximum Gasteiger partial charge on any atom is 0.124 e. The first-order chi connectivity index (χ1) is 6.84. The van der Waals surface area contributed by atoms with Crippen LogP contribution in [0.1, 0.15) is 5.69 Å². The van der Waals surface area contributed by atoms with E-state index in [9.17, 15) is 0 Å². The second-order valence-electron chi connectivity index (χ2n) is 3.28. The Labute approximate surface area is 85.2 Å². The van der Waals surface area contributed by atoms with E-state index >= 15 is 0 Å². The topological polar surface area (TPSA) is 25.8 Å². The molecule has 0 saturated heterocycles. The van der Waals surface area contributed by atoms with Gasteiger partial charge in [-0.1, -0.05) is 0 Å². The third-order valence-electron chi connectivity index (χ3n) is 2.28. The molecule has 0 atom stereocenters. The average Bonchev–Trinajstić information content (AvgIpc) is 2.54. The van der Waals surface area contributed by atoms with E-state index in [4.69, 9.17) is 0 Å². The van der Waals surface area contributed by atoms with Gasteiger partial charge in [-0.25, -0.2) is 4.98 Å². The van der Waals surface area contributed by atoms with Gasteiger partial charge in [-0.3, -0.25) is 4.98 Å². The molecule has 3 aromatic rings. The van der Waals surface area contributed by atoms with Crippen LogP contribution in [0.3, 0.4) is 0 Å². The van der Waals surface area contributed by atoms with E-state index in [1.807, 2.05) is 25.4 Å². The van der Waals surface area contributed by atoms with Gasteiger partial charge in [0.1, 0.15) is 4.83 Å². The highest BCUT2D eigenvalue weighted by molar-refractivity contribution is 7.25. The van der Waals surface area contributed by atoms with E-state index in [1.54, 1.807) is 11.3 Å². The Hall–Kier alpha value is -1.48. The van der Waals surface area contributed by atoms with Crippen molar-refractivity contribution in [1.82, 2.24) is 9.97 Å². The van der Waals surface area contributed by atoms with Crippen molar-refractivity contribution in [2.45, 2.75) is 6.92 Å². The van der Waals surface area contributed by atoms with E-state index in [2.05, 4.69) is 22.1 Å². The molecule has 0 bridgehead atoms. The first-order valence-electron chi connectivity index (χ1n) is 4.44. The molecule has 0 aliphatic rings. The number of rotatable bonds is 0. The molecule has 0 radical (unpaired) electrons. The minimum atomic E-state index is 1.07. The summed E-state index contributed by atoms with van der Waals surface area (Å²) in [7, 11) is 0. The third-order valence-corrected chi connectivity index (χ3v) is 3.33. The van der Waals surface area contributed by atoms with Crippen molar-refractivity contribution < 1.29 is 0 Å². The highest BCUT2D eigenvalue weighted by Gasteiger charge is 2.04.